The van der Waals surface area contributed by atoms with Gasteiger partial charge in [-0.15, -0.1) is 0 Å². The summed E-state index contributed by atoms with van der Waals surface area (Å²) in [6.07, 6.45) is -0.830. The third-order valence-corrected chi connectivity index (χ3v) is 8.86. The summed E-state index contributed by atoms with van der Waals surface area (Å²) in [5, 5.41) is 7.26. The van der Waals surface area contributed by atoms with Crippen LogP contribution in [-0.2, 0) is 25.9 Å². The number of halogens is 3. The maximum absolute atomic E-state index is 13.6. The molecular formula is C33H41F3N4O5S. The first kappa shape index (κ1) is 35.0. The zero-order chi connectivity index (χ0) is 33.5. The molecule has 2 heterocycles. The van der Waals surface area contributed by atoms with Crippen LogP contribution in [0.25, 0.3) is 10.9 Å². The molecule has 4 rings (SSSR count). The number of fused-ring (bicyclic) bond motifs is 1. The number of ether oxygens (including phenoxy) is 2. The fourth-order valence-electron chi connectivity index (χ4n) is 5.33. The van der Waals surface area contributed by atoms with E-state index < -0.39 is 22.6 Å². The number of benzene rings is 2. The van der Waals surface area contributed by atoms with Gasteiger partial charge in [-0.1, -0.05) is 25.8 Å². The van der Waals surface area contributed by atoms with Gasteiger partial charge in [-0.3, -0.25) is 4.79 Å². The summed E-state index contributed by atoms with van der Waals surface area (Å²) in [6.45, 7) is 5.51. The molecule has 1 saturated heterocycles. The molecule has 2 N–H and O–H groups in total. The second-order valence-corrected chi connectivity index (χ2v) is 13.7. The number of hydrogen-bond acceptors (Lipinski definition) is 8. The Hall–Kier alpha value is -3.89. The van der Waals surface area contributed by atoms with E-state index in [1.807, 2.05) is 19.9 Å². The number of nitrogens with one attached hydrogen (secondary N) is 2. The standard InChI is InChI=1S/C33H41F3N4O5S/c1-23(2)32(41)45-19-7-16-39-17-13-24(14-18-39)38-28-9-5-10-30-27(28)20-25(40(30)22-33(34,35)36)8-6-15-37-29-12-11-26(46(4,42)43)21-31(29)44-3/h5,9-12,20-21,23-24,37-38H,7,13-19,22H2,1-4H3. The zero-order valence-corrected chi connectivity index (χ0v) is 27.4. The van der Waals surface area contributed by atoms with Crippen molar-refractivity contribution in [2.45, 2.75) is 56.8 Å². The van der Waals surface area contributed by atoms with Crippen LogP contribution >= 0.6 is 0 Å². The summed E-state index contributed by atoms with van der Waals surface area (Å²) in [7, 11) is -2.01. The summed E-state index contributed by atoms with van der Waals surface area (Å²) in [6, 6.07) is 11.5. The van der Waals surface area contributed by atoms with Crippen LogP contribution in [0.4, 0.5) is 24.5 Å². The van der Waals surface area contributed by atoms with E-state index in [0.717, 1.165) is 50.8 Å². The van der Waals surface area contributed by atoms with Crippen LogP contribution in [0.1, 0.15) is 38.8 Å². The van der Waals surface area contributed by atoms with E-state index in [4.69, 9.17) is 9.47 Å². The van der Waals surface area contributed by atoms with E-state index in [1.54, 1.807) is 24.3 Å². The first-order valence-electron chi connectivity index (χ1n) is 15.2. The van der Waals surface area contributed by atoms with Crippen molar-refractivity contribution in [3.63, 3.8) is 0 Å². The molecule has 0 spiro atoms. The Morgan fingerprint density at radius 2 is 1.85 bits per heavy atom. The monoisotopic (exact) mass is 662 g/mol. The van der Waals surface area contributed by atoms with Gasteiger partial charge in [0.05, 0.1) is 48.0 Å². The quantitative estimate of drug-likeness (QED) is 0.148. The number of piperidine rings is 1. The summed E-state index contributed by atoms with van der Waals surface area (Å²) >= 11 is 0. The summed E-state index contributed by atoms with van der Waals surface area (Å²) < 4.78 is 76.4. The molecule has 0 saturated carbocycles. The summed E-state index contributed by atoms with van der Waals surface area (Å²) in [5.74, 6) is 5.77. The first-order chi connectivity index (χ1) is 21.7. The van der Waals surface area contributed by atoms with E-state index in [9.17, 15) is 26.4 Å². The first-order valence-corrected chi connectivity index (χ1v) is 17.1. The Morgan fingerprint density at radius 3 is 2.50 bits per heavy atom. The average Bonchev–Trinajstić information content (AvgIpc) is 3.34. The van der Waals surface area contributed by atoms with Gasteiger partial charge in [-0.05, 0) is 55.5 Å². The highest BCUT2D eigenvalue weighted by Crippen LogP contribution is 2.32. The van der Waals surface area contributed by atoms with Crippen molar-refractivity contribution in [1.29, 1.82) is 0 Å². The molecule has 2 aromatic carbocycles. The van der Waals surface area contributed by atoms with Gasteiger partial charge < -0.3 is 29.6 Å². The van der Waals surface area contributed by atoms with E-state index in [2.05, 4.69) is 27.4 Å². The van der Waals surface area contributed by atoms with Crippen molar-refractivity contribution in [1.82, 2.24) is 9.47 Å². The molecule has 0 bridgehead atoms. The highest BCUT2D eigenvalue weighted by atomic mass is 32.2. The van der Waals surface area contributed by atoms with E-state index in [0.29, 0.717) is 28.9 Å². The molecule has 0 atom stereocenters. The smallest absolute Gasteiger partial charge is 0.406 e. The minimum absolute atomic E-state index is 0.0893. The summed E-state index contributed by atoms with van der Waals surface area (Å²) in [4.78, 5) is 14.1. The zero-order valence-electron chi connectivity index (χ0n) is 26.5. The van der Waals surface area contributed by atoms with Crippen LogP contribution in [-0.4, -0.2) is 82.2 Å². The van der Waals surface area contributed by atoms with Gasteiger partial charge in [0.1, 0.15) is 12.3 Å². The van der Waals surface area contributed by atoms with E-state index in [1.165, 1.54) is 23.8 Å². The van der Waals surface area contributed by atoms with Crippen molar-refractivity contribution < 1.29 is 35.9 Å². The Balaban J connectivity index is 1.44. The maximum atomic E-state index is 13.6. The molecule has 9 nitrogen and oxygen atoms in total. The highest BCUT2D eigenvalue weighted by Gasteiger charge is 2.30. The molecule has 1 aromatic heterocycles. The lowest BCUT2D eigenvalue weighted by Crippen LogP contribution is -2.39. The molecule has 13 heteroatoms. The lowest BCUT2D eigenvalue weighted by Gasteiger charge is -2.33. The SMILES string of the molecule is COc1cc(S(C)(=O)=O)ccc1NCC#Cc1cc2c(NC3CCN(CCCOC(=O)C(C)C)CC3)cccc2n1CC(F)(F)F. The third-order valence-electron chi connectivity index (χ3n) is 7.75. The lowest BCUT2D eigenvalue weighted by atomic mass is 10.0. The number of aromatic nitrogens is 1. The second-order valence-electron chi connectivity index (χ2n) is 11.7. The van der Waals surface area contributed by atoms with Crippen LogP contribution < -0.4 is 15.4 Å². The number of sulfone groups is 1. The van der Waals surface area contributed by atoms with Crippen LogP contribution in [0.3, 0.4) is 0 Å². The maximum Gasteiger partial charge on any atom is 0.406 e. The molecule has 46 heavy (non-hydrogen) atoms. The molecule has 3 aromatic rings. The minimum atomic E-state index is -4.45. The normalized spacial score (nSPS) is 14.6. The molecule has 1 fully saturated rings. The van der Waals surface area contributed by atoms with Crippen LogP contribution in [0.15, 0.2) is 47.4 Å². The van der Waals surface area contributed by atoms with Crippen molar-refractivity contribution in [2.75, 3.05) is 56.8 Å². The molecule has 250 valence electrons. The number of esters is 1. The fourth-order valence-corrected chi connectivity index (χ4v) is 5.97. The Labute approximate surface area is 268 Å². The predicted octanol–water partition coefficient (Wildman–Crippen LogP) is 5.54. The topological polar surface area (TPSA) is 102 Å². The predicted molar refractivity (Wildman–Crippen MR) is 173 cm³/mol. The molecule has 1 aliphatic heterocycles. The van der Waals surface area contributed by atoms with Crippen molar-refractivity contribution in [3.05, 3.63) is 48.2 Å². The molecule has 0 radical (unpaired) electrons. The molecule has 0 unspecified atom stereocenters. The van der Waals surface area contributed by atoms with E-state index in [-0.39, 0.29) is 35.1 Å². The van der Waals surface area contributed by atoms with Crippen molar-refractivity contribution >= 4 is 38.1 Å². The van der Waals surface area contributed by atoms with Gasteiger partial charge >= 0.3 is 12.1 Å². The van der Waals surface area contributed by atoms with Gasteiger partial charge in [0.15, 0.2) is 9.84 Å². The Bertz CT molecular complexity index is 1680. The fraction of sp³-hybridized carbons (Fsp3) is 0.485. The van der Waals surface area contributed by atoms with Gasteiger partial charge in [-0.25, -0.2) is 8.42 Å². The number of carbonyl (C=O) groups excluding carboxylic acids is 1. The number of anilines is 2. The van der Waals surface area contributed by atoms with Crippen LogP contribution in [0.2, 0.25) is 0 Å². The number of rotatable bonds is 12. The van der Waals surface area contributed by atoms with Gasteiger partial charge in [0.25, 0.3) is 0 Å². The van der Waals surface area contributed by atoms with Crippen LogP contribution in [0.5, 0.6) is 5.75 Å². The van der Waals surface area contributed by atoms with Gasteiger partial charge in [0, 0.05) is 49.1 Å². The second kappa shape index (κ2) is 15.1. The van der Waals surface area contributed by atoms with Crippen molar-refractivity contribution in [2.24, 2.45) is 5.92 Å². The minimum Gasteiger partial charge on any atom is -0.495 e. The van der Waals surface area contributed by atoms with Gasteiger partial charge in [-0.2, -0.15) is 13.2 Å². The summed E-state index contributed by atoms with van der Waals surface area (Å²) in [5.41, 5.74) is 1.93. The largest absolute Gasteiger partial charge is 0.495 e. The molecule has 0 aliphatic carbocycles. The number of alkyl halides is 3. The number of methoxy groups -OCH3 is 1. The van der Waals surface area contributed by atoms with Crippen molar-refractivity contribution in [3.8, 4) is 17.6 Å². The molecular weight excluding hydrogens is 621 g/mol. The van der Waals surface area contributed by atoms with Crippen LogP contribution in [0, 0.1) is 17.8 Å². The molecule has 0 amide bonds. The third kappa shape index (κ3) is 9.56. The Morgan fingerprint density at radius 1 is 1.11 bits per heavy atom. The Kier molecular flexibility index (Phi) is 11.5. The highest BCUT2D eigenvalue weighted by molar-refractivity contribution is 7.90. The van der Waals surface area contributed by atoms with Gasteiger partial charge in [0.2, 0.25) is 0 Å². The number of likely N-dealkylation sites (tertiary alicyclic amines) is 1. The number of nitrogens with zero attached hydrogens (tertiary/aromatic N) is 2. The van der Waals surface area contributed by atoms with E-state index >= 15 is 0 Å². The number of carbonyl (C=O) groups is 1. The molecule has 1 aliphatic rings. The number of hydrogen-bond donors (Lipinski definition) is 2. The lowest BCUT2D eigenvalue weighted by molar-refractivity contribution is -0.147. The average molecular weight is 663 g/mol.